The molecule has 0 spiro atoms. The highest BCUT2D eigenvalue weighted by atomic mass is 15.2. The first kappa shape index (κ1) is 18.7. The predicted molar refractivity (Wildman–Crippen MR) is 121 cm³/mol. The highest BCUT2D eigenvalue weighted by molar-refractivity contribution is 5.92. The fourth-order valence-corrected chi connectivity index (χ4v) is 5.29. The Bertz CT molecular complexity index is 1120. The van der Waals surface area contributed by atoms with E-state index in [2.05, 4.69) is 92.4 Å². The zero-order valence-electron chi connectivity index (χ0n) is 18.8. The molecule has 2 aliphatic rings. The lowest BCUT2D eigenvalue weighted by atomic mass is 9.63. The molecule has 1 aromatic heterocycles. The Kier molecular flexibility index (Phi) is 3.94. The van der Waals surface area contributed by atoms with Crippen molar-refractivity contribution >= 4 is 22.4 Å². The Hall–Kier alpha value is -2.29. The van der Waals surface area contributed by atoms with Gasteiger partial charge in [0, 0.05) is 18.4 Å². The number of benzene rings is 2. The number of rotatable bonds is 3. The summed E-state index contributed by atoms with van der Waals surface area (Å²) in [6, 6.07) is 11.6. The SMILES string of the molecule is CCCCn1[c-][n+]2c3c(cccc31)N(C)c1cc3c(cc1-2)C(C)(C)CCC3(C)C. The van der Waals surface area contributed by atoms with Gasteiger partial charge in [0.1, 0.15) is 0 Å². The van der Waals surface area contributed by atoms with Gasteiger partial charge in [0.2, 0.25) is 6.33 Å². The minimum atomic E-state index is 0.208. The van der Waals surface area contributed by atoms with Crippen molar-refractivity contribution < 1.29 is 4.57 Å². The standard InChI is InChI=1S/C26H33N3/c1-7-8-14-28-17-29-23-16-19-18(25(2,3)12-13-26(19,4)5)15-22(23)27(6)20-10-9-11-21(28)24(20)29/h9-11,15-16H,7-8,12-14H2,1-6H3. The van der Waals surface area contributed by atoms with Crippen LogP contribution in [0, 0.1) is 6.33 Å². The first-order valence-electron chi connectivity index (χ1n) is 11.1. The molecule has 0 bridgehead atoms. The third kappa shape index (κ3) is 2.59. The maximum Gasteiger partial charge on any atom is 0.244 e. The molecule has 1 aliphatic carbocycles. The van der Waals surface area contributed by atoms with E-state index in [-0.39, 0.29) is 10.8 Å². The molecule has 3 heteroatoms. The minimum Gasteiger partial charge on any atom is -0.354 e. The molecule has 0 atom stereocenters. The second kappa shape index (κ2) is 6.10. The van der Waals surface area contributed by atoms with Crippen molar-refractivity contribution in [3.05, 3.63) is 47.8 Å². The van der Waals surface area contributed by atoms with Gasteiger partial charge in [-0.1, -0.05) is 59.2 Å². The van der Waals surface area contributed by atoms with Crippen LogP contribution in [0.5, 0.6) is 0 Å². The Labute approximate surface area is 175 Å². The number of unbranched alkanes of at least 4 members (excludes halogenated alkanes) is 1. The quantitative estimate of drug-likeness (QED) is 0.399. The summed E-state index contributed by atoms with van der Waals surface area (Å²) in [5.41, 5.74) is 9.86. The molecule has 0 amide bonds. The normalized spacial score (nSPS) is 18.6. The van der Waals surface area contributed by atoms with Gasteiger partial charge in [0.25, 0.3) is 0 Å². The number of para-hydroxylation sites is 1. The third-order valence-electron chi connectivity index (χ3n) is 7.38. The highest BCUT2D eigenvalue weighted by Gasteiger charge is 2.38. The van der Waals surface area contributed by atoms with Crippen LogP contribution in [0.25, 0.3) is 16.7 Å². The molecule has 2 aromatic carbocycles. The Morgan fingerprint density at radius 2 is 1.69 bits per heavy atom. The van der Waals surface area contributed by atoms with Crippen molar-refractivity contribution in [2.75, 3.05) is 11.9 Å². The van der Waals surface area contributed by atoms with Gasteiger partial charge in [-0.15, -0.1) is 0 Å². The number of aromatic nitrogens is 2. The monoisotopic (exact) mass is 387 g/mol. The summed E-state index contributed by atoms with van der Waals surface area (Å²) in [5.74, 6) is 0. The molecule has 3 nitrogen and oxygen atoms in total. The lowest BCUT2D eigenvalue weighted by Crippen LogP contribution is -2.40. The molecular formula is C26H33N3. The van der Waals surface area contributed by atoms with Crippen LogP contribution >= 0.6 is 0 Å². The number of hydrogen-bond acceptors (Lipinski definition) is 1. The molecule has 5 rings (SSSR count). The van der Waals surface area contributed by atoms with Crippen molar-refractivity contribution in [1.29, 1.82) is 0 Å². The van der Waals surface area contributed by atoms with Crippen LogP contribution < -0.4 is 9.47 Å². The lowest BCUT2D eigenvalue weighted by molar-refractivity contribution is -0.572. The molecular weight excluding hydrogens is 354 g/mol. The number of hydrogen-bond donors (Lipinski definition) is 0. The fourth-order valence-electron chi connectivity index (χ4n) is 5.29. The number of nitrogens with zero attached hydrogens (tertiary/aromatic N) is 3. The van der Waals surface area contributed by atoms with Crippen LogP contribution in [0.3, 0.4) is 0 Å². The molecule has 0 saturated heterocycles. The van der Waals surface area contributed by atoms with Crippen molar-refractivity contribution in [3.8, 4) is 5.69 Å². The number of imidazole rings is 1. The highest BCUT2D eigenvalue weighted by Crippen LogP contribution is 2.49. The number of anilines is 2. The van der Waals surface area contributed by atoms with Crippen molar-refractivity contribution in [2.24, 2.45) is 0 Å². The molecule has 0 unspecified atom stereocenters. The molecule has 0 fully saturated rings. The van der Waals surface area contributed by atoms with Crippen LogP contribution in [0.15, 0.2) is 30.3 Å². The Balaban J connectivity index is 1.81. The average Bonchev–Trinajstić information content (AvgIpc) is 3.07. The van der Waals surface area contributed by atoms with Gasteiger partial charge < -0.3 is 14.0 Å². The predicted octanol–water partition coefficient (Wildman–Crippen LogP) is 5.95. The van der Waals surface area contributed by atoms with Gasteiger partial charge in [-0.2, -0.15) is 0 Å². The second-order valence-corrected chi connectivity index (χ2v) is 10.3. The summed E-state index contributed by atoms with van der Waals surface area (Å²) in [4.78, 5) is 2.38. The van der Waals surface area contributed by atoms with Gasteiger partial charge in [0.05, 0.1) is 23.3 Å². The van der Waals surface area contributed by atoms with Gasteiger partial charge in [-0.25, -0.2) is 0 Å². The van der Waals surface area contributed by atoms with E-state index in [1.807, 2.05) is 0 Å². The Morgan fingerprint density at radius 3 is 2.38 bits per heavy atom. The second-order valence-electron chi connectivity index (χ2n) is 10.3. The third-order valence-corrected chi connectivity index (χ3v) is 7.38. The van der Waals surface area contributed by atoms with Crippen LogP contribution in [0.4, 0.5) is 11.4 Å². The summed E-state index contributed by atoms with van der Waals surface area (Å²) in [7, 11) is 2.22. The largest absolute Gasteiger partial charge is 0.354 e. The van der Waals surface area contributed by atoms with Crippen molar-refractivity contribution in [2.45, 2.75) is 77.7 Å². The van der Waals surface area contributed by atoms with E-state index >= 15 is 0 Å². The summed E-state index contributed by atoms with van der Waals surface area (Å²) >= 11 is 0. The van der Waals surface area contributed by atoms with E-state index in [9.17, 15) is 0 Å². The molecule has 0 N–H and O–H groups in total. The van der Waals surface area contributed by atoms with E-state index in [0.29, 0.717) is 0 Å². The molecule has 2 heterocycles. The first-order chi connectivity index (χ1) is 13.7. The van der Waals surface area contributed by atoms with E-state index < -0.39 is 0 Å². The van der Waals surface area contributed by atoms with E-state index in [1.54, 1.807) is 0 Å². The van der Waals surface area contributed by atoms with Crippen LogP contribution in [0.2, 0.25) is 0 Å². The van der Waals surface area contributed by atoms with Gasteiger partial charge in [-0.3, -0.25) is 0 Å². The molecule has 0 saturated carbocycles. The van der Waals surface area contributed by atoms with Crippen LogP contribution in [0.1, 0.15) is 71.4 Å². The van der Waals surface area contributed by atoms with Crippen molar-refractivity contribution in [1.82, 2.24) is 4.57 Å². The summed E-state index contributed by atoms with van der Waals surface area (Å²) in [6.07, 6.45) is 8.55. The first-order valence-corrected chi connectivity index (χ1v) is 11.1. The maximum absolute atomic E-state index is 3.70. The van der Waals surface area contributed by atoms with Crippen molar-refractivity contribution in [3.63, 3.8) is 0 Å². The smallest absolute Gasteiger partial charge is 0.244 e. The fraction of sp³-hybridized carbons (Fsp3) is 0.500. The molecule has 0 radical (unpaired) electrons. The molecule has 3 aromatic rings. The zero-order valence-corrected chi connectivity index (χ0v) is 18.8. The van der Waals surface area contributed by atoms with E-state index in [4.69, 9.17) is 0 Å². The summed E-state index contributed by atoms with van der Waals surface area (Å²) in [5, 5.41) is 0. The van der Waals surface area contributed by atoms with E-state index in [0.717, 1.165) is 6.54 Å². The average molecular weight is 388 g/mol. The van der Waals surface area contributed by atoms with Gasteiger partial charge in [-0.05, 0) is 53.4 Å². The van der Waals surface area contributed by atoms with Gasteiger partial charge >= 0.3 is 0 Å². The molecule has 1 aliphatic heterocycles. The van der Waals surface area contributed by atoms with Gasteiger partial charge in [0.15, 0.2) is 0 Å². The Morgan fingerprint density at radius 1 is 1.00 bits per heavy atom. The van der Waals surface area contributed by atoms with Crippen LogP contribution in [-0.4, -0.2) is 11.6 Å². The number of fused-ring (bicyclic) bond motifs is 3. The maximum atomic E-state index is 3.70. The molecule has 152 valence electrons. The zero-order chi connectivity index (χ0) is 20.6. The van der Waals surface area contributed by atoms with Crippen LogP contribution in [-0.2, 0) is 17.4 Å². The minimum absolute atomic E-state index is 0.208. The van der Waals surface area contributed by atoms with E-state index in [1.165, 1.54) is 64.9 Å². The summed E-state index contributed by atoms with van der Waals surface area (Å²) in [6.45, 7) is 12.9. The number of aryl methyl sites for hydroxylation is 1. The molecule has 29 heavy (non-hydrogen) atoms. The topological polar surface area (TPSA) is 12.0 Å². The lowest BCUT2D eigenvalue weighted by Gasteiger charge is -2.44. The summed E-state index contributed by atoms with van der Waals surface area (Å²) < 4.78 is 4.65.